The quantitative estimate of drug-likeness (QED) is 0.728. The van der Waals surface area contributed by atoms with Crippen molar-refractivity contribution in [2.45, 2.75) is 25.3 Å². The molecule has 0 aromatic heterocycles. The van der Waals surface area contributed by atoms with Crippen molar-refractivity contribution in [1.82, 2.24) is 0 Å². The maximum atomic E-state index is 11.8. The van der Waals surface area contributed by atoms with E-state index < -0.39 is 13.0 Å². The molecule has 0 radical (unpaired) electrons. The molecule has 1 unspecified atom stereocenters. The van der Waals surface area contributed by atoms with Crippen LogP contribution in [0.25, 0.3) is 0 Å². The van der Waals surface area contributed by atoms with E-state index in [1.54, 1.807) is 7.11 Å². The van der Waals surface area contributed by atoms with Gasteiger partial charge in [-0.05, 0) is 30.5 Å². The Morgan fingerprint density at radius 3 is 2.78 bits per heavy atom. The fourth-order valence-electron chi connectivity index (χ4n) is 1.61. The maximum Gasteiger partial charge on any atom is 0.261 e. The Balaban J connectivity index is 2.28. The zero-order chi connectivity index (χ0) is 13.4. The summed E-state index contributed by atoms with van der Waals surface area (Å²) in [5, 5.41) is 0. The number of rotatable bonds is 8. The smallest absolute Gasteiger partial charge is 0.261 e. The fourth-order valence-corrected chi connectivity index (χ4v) is 1.61. The molecule has 18 heavy (non-hydrogen) atoms. The number of ether oxygens (including phenoxy) is 2. The Bertz CT molecular complexity index is 348. The maximum absolute atomic E-state index is 11.8. The minimum absolute atomic E-state index is 0.102. The van der Waals surface area contributed by atoms with Crippen LogP contribution in [0, 0.1) is 0 Å². The van der Waals surface area contributed by atoms with Crippen LogP contribution in [0.1, 0.15) is 12.0 Å². The third-order valence-electron chi connectivity index (χ3n) is 2.51. The first kappa shape index (κ1) is 14.9. The van der Waals surface area contributed by atoms with Crippen LogP contribution < -0.4 is 10.5 Å². The van der Waals surface area contributed by atoms with Crippen molar-refractivity contribution in [1.29, 1.82) is 0 Å². The van der Waals surface area contributed by atoms with E-state index in [0.29, 0.717) is 12.8 Å². The minimum atomic E-state index is -2.42. The van der Waals surface area contributed by atoms with Crippen LogP contribution in [0.5, 0.6) is 5.75 Å². The molecule has 0 aliphatic rings. The minimum Gasteiger partial charge on any atom is -0.497 e. The van der Waals surface area contributed by atoms with Crippen molar-refractivity contribution >= 4 is 0 Å². The topological polar surface area (TPSA) is 44.5 Å². The van der Waals surface area contributed by atoms with E-state index in [9.17, 15) is 8.78 Å². The molecule has 1 aromatic carbocycles. The highest BCUT2D eigenvalue weighted by molar-refractivity contribution is 5.28. The monoisotopic (exact) mass is 259 g/mol. The predicted molar refractivity (Wildman–Crippen MR) is 66.1 cm³/mol. The molecule has 0 aliphatic heterocycles. The van der Waals surface area contributed by atoms with Gasteiger partial charge in [-0.25, -0.2) is 8.78 Å². The molecular weight excluding hydrogens is 240 g/mol. The van der Waals surface area contributed by atoms with Crippen molar-refractivity contribution in [2.24, 2.45) is 5.73 Å². The average Bonchev–Trinajstić information content (AvgIpc) is 2.34. The summed E-state index contributed by atoms with van der Waals surface area (Å²) in [5.41, 5.74) is 6.97. The first-order valence-electron chi connectivity index (χ1n) is 5.86. The highest BCUT2D eigenvalue weighted by Gasteiger charge is 2.07. The van der Waals surface area contributed by atoms with E-state index in [0.717, 1.165) is 11.3 Å². The van der Waals surface area contributed by atoms with E-state index in [1.807, 2.05) is 24.3 Å². The van der Waals surface area contributed by atoms with Crippen LogP contribution >= 0.6 is 0 Å². The molecule has 0 saturated heterocycles. The van der Waals surface area contributed by atoms with Gasteiger partial charge in [0.2, 0.25) is 0 Å². The lowest BCUT2D eigenvalue weighted by Gasteiger charge is -2.12. The van der Waals surface area contributed by atoms with Crippen molar-refractivity contribution in [3.8, 4) is 5.75 Å². The summed E-state index contributed by atoms with van der Waals surface area (Å²) in [4.78, 5) is 0. The third kappa shape index (κ3) is 5.93. The van der Waals surface area contributed by atoms with Gasteiger partial charge in [0.25, 0.3) is 6.43 Å². The summed E-state index contributed by atoms with van der Waals surface area (Å²) < 4.78 is 33.5. The Labute approximate surface area is 106 Å². The van der Waals surface area contributed by atoms with Gasteiger partial charge in [0.05, 0.1) is 7.11 Å². The van der Waals surface area contributed by atoms with Crippen LogP contribution in [0.15, 0.2) is 24.3 Å². The lowest BCUT2D eigenvalue weighted by atomic mass is 10.0. The molecule has 1 atom stereocenters. The van der Waals surface area contributed by atoms with Crippen LogP contribution in [0.2, 0.25) is 0 Å². The van der Waals surface area contributed by atoms with Gasteiger partial charge < -0.3 is 15.2 Å². The summed E-state index contributed by atoms with van der Waals surface area (Å²) in [5.74, 6) is 0.786. The van der Waals surface area contributed by atoms with Crippen LogP contribution in [0.4, 0.5) is 8.78 Å². The van der Waals surface area contributed by atoms with E-state index in [-0.39, 0.29) is 12.6 Å². The summed E-state index contributed by atoms with van der Waals surface area (Å²) >= 11 is 0. The van der Waals surface area contributed by atoms with Crippen molar-refractivity contribution in [2.75, 3.05) is 20.3 Å². The van der Waals surface area contributed by atoms with Gasteiger partial charge in [0, 0.05) is 12.6 Å². The van der Waals surface area contributed by atoms with Gasteiger partial charge in [0.1, 0.15) is 12.4 Å². The van der Waals surface area contributed by atoms with Gasteiger partial charge in [-0.1, -0.05) is 12.1 Å². The molecule has 1 aromatic rings. The zero-order valence-electron chi connectivity index (χ0n) is 10.4. The number of hydrogen-bond donors (Lipinski definition) is 1. The lowest BCUT2D eigenvalue weighted by Crippen LogP contribution is -2.25. The molecule has 0 saturated carbocycles. The molecule has 0 aliphatic carbocycles. The lowest BCUT2D eigenvalue weighted by molar-refractivity contribution is 0.0153. The number of hydrogen-bond acceptors (Lipinski definition) is 3. The van der Waals surface area contributed by atoms with Crippen molar-refractivity contribution in [3.05, 3.63) is 29.8 Å². The molecular formula is C13H19F2NO2. The normalized spacial score (nSPS) is 12.7. The van der Waals surface area contributed by atoms with Crippen LogP contribution in [-0.2, 0) is 11.2 Å². The average molecular weight is 259 g/mol. The first-order chi connectivity index (χ1) is 8.61. The molecule has 0 bridgehead atoms. The van der Waals surface area contributed by atoms with Gasteiger partial charge in [0.15, 0.2) is 0 Å². The fraction of sp³-hybridized carbons (Fsp3) is 0.538. The second kappa shape index (κ2) is 8.00. The van der Waals surface area contributed by atoms with Gasteiger partial charge in [-0.3, -0.25) is 0 Å². The van der Waals surface area contributed by atoms with E-state index in [2.05, 4.69) is 0 Å². The summed E-state index contributed by atoms with van der Waals surface area (Å²) in [7, 11) is 1.61. The number of halogens is 2. The molecule has 0 spiro atoms. The van der Waals surface area contributed by atoms with E-state index in [4.69, 9.17) is 15.2 Å². The van der Waals surface area contributed by atoms with Crippen LogP contribution in [-0.4, -0.2) is 32.8 Å². The van der Waals surface area contributed by atoms with Crippen LogP contribution in [0.3, 0.4) is 0 Å². The SMILES string of the molecule is COc1cccc(CC(N)CCOCC(F)F)c1. The Morgan fingerprint density at radius 1 is 1.33 bits per heavy atom. The molecule has 5 heteroatoms. The Hall–Kier alpha value is -1.20. The Morgan fingerprint density at radius 2 is 2.11 bits per heavy atom. The molecule has 0 heterocycles. The predicted octanol–water partition coefficient (Wildman–Crippen LogP) is 2.24. The summed E-state index contributed by atoms with van der Waals surface area (Å²) in [6.45, 7) is -0.263. The van der Waals surface area contributed by atoms with Gasteiger partial charge in [-0.2, -0.15) is 0 Å². The number of benzene rings is 1. The second-order valence-corrected chi connectivity index (χ2v) is 4.07. The molecule has 1 rings (SSSR count). The highest BCUT2D eigenvalue weighted by atomic mass is 19.3. The molecule has 3 nitrogen and oxygen atoms in total. The van der Waals surface area contributed by atoms with E-state index >= 15 is 0 Å². The van der Waals surface area contributed by atoms with Gasteiger partial charge >= 0.3 is 0 Å². The van der Waals surface area contributed by atoms with Gasteiger partial charge in [-0.15, -0.1) is 0 Å². The summed E-state index contributed by atoms with van der Waals surface area (Å²) in [6, 6.07) is 7.53. The largest absolute Gasteiger partial charge is 0.497 e. The first-order valence-corrected chi connectivity index (χ1v) is 5.86. The van der Waals surface area contributed by atoms with Crippen molar-refractivity contribution in [3.63, 3.8) is 0 Å². The molecule has 2 N–H and O–H groups in total. The van der Waals surface area contributed by atoms with E-state index in [1.165, 1.54) is 0 Å². The third-order valence-corrected chi connectivity index (χ3v) is 2.51. The zero-order valence-corrected chi connectivity index (χ0v) is 10.4. The van der Waals surface area contributed by atoms with Crippen molar-refractivity contribution < 1.29 is 18.3 Å². The standard InChI is InChI=1S/C13H19F2NO2/c1-17-12-4-2-3-10(8-12)7-11(16)5-6-18-9-13(14)15/h2-4,8,11,13H,5-7,9,16H2,1H3. The molecule has 102 valence electrons. The molecule has 0 fully saturated rings. The highest BCUT2D eigenvalue weighted by Crippen LogP contribution is 2.14. The second-order valence-electron chi connectivity index (χ2n) is 4.07. The summed E-state index contributed by atoms with van der Waals surface area (Å²) in [6.07, 6.45) is -1.18. The number of methoxy groups -OCH3 is 1. The number of nitrogens with two attached hydrogens (primary N) is 1. The Kier molecular flexibility index (Phi) is 6.60. The molecule has 0 amide bonds. The number of alkyl halides is 2.